The number of halogens is 11. The molecule has 0 aliphatic heterocycles. The van der Waals surface area contributed by atoms with E-state index in [1.165, 1.54) is 0 Å². The van der Waals surface area contributed by atoms with Crippen LogP contribution in [0.25, 0.3) is 0 Å². The smallest absolute Gasteiger partial charge is 0.248 e. The van der Waals surface area contributed by atoms with Gasteiger partial charge in [0.15, 0.2) is 5.41 Å². The van der Waals surface area contributed by atoms with Gasteiger partial charge < -0.3 is 0 Å². The Kier molecular flexibility index (Phi) is 5.68. The molecule has 0 aromatic carbocycles. The van der Waals surface area contributed by atoms with Gasteiger partial charge in [0, 0.05) is 6.42 Å². The molecule has 0 unspecified atom stereocenters. The van der Waals surface area contributed by atoms with Crippen molar-refractivity contribution in [3.05, 3.63) is 0 Å². The summed E-state index contributed by atoms with van der Waals surface area (Å²) in [5.41, 5.74) is -4.33. The number of rotatable bonds is 7. The SMILES string of the molecule is CCC(F)(F)OC(F)(F)C(F)(F)OC(F)(F)C(C)(C)C(F)(F)F. The van der Waals surface area contributed by atoms with Gasteiger partial charge in [-0.25, -0.2) is 9.47 Å². The van der Waals surface area contributed by atoms with Crippen molar-refractivity contribution in [3.63, 3.8) is 0 Å². The molecule has 0 heterocycles. The van der Waals surface area contributed by atoms with Gasteiger partial charge in [-0.05, 0) is 13.8 Å². The summed E-state index contributed by atoms with van der Waals surface area (Å²) < 4.78 is 145. The quantitative estimate of drug-likeness (QED) is 0.558. The van der Waals surface area contributed by atoms with Crippen LogP contribution in [0.2, 0.25) is 0 Å². The highest BCUT2D eigenvalue weighted by Gasteiger charge is 2.73. The molecule has 0 saturated carbocycles. The Balaban J connectivity index is 5.54. The topological polar surface area (TPSA) is 18.5 Å². The highest BCUT2D eigenvalue weighted by Crippen LogP contribution is 2.53. The molecule has 0 aliphatic rings. The van der Waals surface area contributed by atoms with Crippen molar-refractivity contribution >= 4 is 0 Å². The zero-order chi connectivity index (χ0) is 19.1. The van der Waals surface area contributed by atoms with Crippen molar-refractivity contribution in [2.45, 2.75) is 57.8 Å². The fourth-order valence-electron chi connectivity index (χ4n) is 0.832. The third kappa shape index (κ3) is 4.58. The summed E-state index contributed by atoms with van der Waals surface area (Å²) in [6.07, 6.45) is -30.9. The molecule has 0 aromatic heterocycles. The monoisotopic (exact) mass is 372 g/mol. The Morgan fingerprint density at radius 1 is 0.609 bits per heavy atom. The van der Waals surface area contributed by atoms with Crippen LogP contribution in [-0.2, 0) is 9.47 Å². The second-order valence-corrected chi connectivity index (χ2v) is 4.87. The molecule has 0 aliphatic carbocycles. The third-order valence-corrected chi connectivity index (χ3v) is 2.72. The summed E-state index contributed by atoms with van der Waals surface area (Å²) >= 11 is 0. The van der Waals surface area contributed by atoms with Gasteiger partial charge >= 0.3 is 30.6 Å². The lowest BCUT2D eigenvalue weighted by Gasteiger charge is -2.38. The van der Waals surface area contributed by atoms with Crippen LogP contribution >= 0.6 is 0 Å². The van der Waals surface area contributed by atoms with Crippen LogP contribution in [0.4, 0.5) is 48.3 Å². The van der Waals surface area contributed by atoms with Crippen molar-refractivity contribution in [1.82, 2.24) is 0 Å². The summed E-state index contributed by atoms with van der Waals surface area (Å²) in [6.45, 7) is -0.0676. The van der Waals surface area contributed by atoms with Crippen LogP contribution in [0.5, 0.6) is 0 Å². The highest BCUT2D eigenvalue weighted by molar-refractivity contribution is 4.87. The Morgan fingerprint density at radius 2 is 0.957 bits per heavy atom. The standard InChI is InChI=1S/C10H11F11O2/c1-4-6(11,12)22-9(18,19)10(20,21)23-8(16,17)5(2,3)7(13,14)15/h4H2,1-3H3. The van der Waals surface area contributed by atoms with Crippen LogP contribution in [0.1, 0.15) is 27.2 Å². The van der Waals surface area contributed by atoms with E-state index in [2.05, 4.69) is 9.47 Å². The molecular formula is C10H11F11O2. The molecule has 23 heavy (non-hydrogen) atoms. The molecular weight excluding hydrogens is 361 g/mol. The Morgan fingerprint density at radius 3 is 1.26 bits per heavy atom. The van der Waals surface area contributed by atoms with Gasteiger partial charge in [-0.1, -0.05) is 6.92 Å². The maximum atomic E-state index is 13.2. The summed E-state index contributed by atoms with van der Waals surface area (Å²) in [5.74, 6) is 0. The number of hydrogen-bond donors (Lipinski definition) is 0. The molecule has 0 spiro atoms. The lowest BCUT2D eigenvalue weighted by molar-refractivity contribution is -0.530. The minimum absolute atomic E-state index is 0.303. The average molecular weight is 372 g/mol. The van der Waals surface area contributed by atoms with E-state index in [0.717, 1.165) is 0 Å². The van der Waals surface area contributed by atoms with E-state index in [1.54, 1.807) is 0 Å². The Bertz CT molecular complexity index is 414. The van der Waals surface area contributed by atoms with E-state index >= 15 is 0 Å². The molecule has 13 heteroatoms. The molecule has 0 radical (unpaired) electrons. The predicted octanol–water partition coefficient (Wildman–Crippen LogP) is 5.39. The van der Waals surface area contributed by atoms with Gasteiger partial charge in [0.1, 0.15) is 0 Å². The first-order valence-electron chi connectivity index (χ1n) is 5.71. The van der Waals surface area contributed by atoms with E-state index in [-0.39, 0.29) is 13.8 Å². The first-order valence-corrected chi connectivity index (χ1v) is 5.71. The molecule has 0 aromatic rings. The minimum atomic E-state index is -6.47. The van der Waals surface area contributed by atoms with Gasteiger partial charge in [0.05, 0.1) is 0 Å². The second kappa shape index (κ2) is 5.90. The molecule has 0 saturated heterocycles. The van der Waals surface area contributed by atoms with Gasteiger partial charge in [-0.3, -0.25) is 0 Å². The van der Waals surface area contributed by atoms with E-state index < -0.39 is 42.4 Å². The van der Waals surface area contributed by atoms with E-state index in [1.807, 2.05) is 0 Å². The minimum Gasteiger partial charge on any atom is -0.248 e. The van der Waals surface area contributed by atoms with E-state index in [4.69, 9.17) is 0 Å². The van der Waals surface area contributed by atoms with Crippen LogP contribution in [-0.4, -0.2) is 30.6 Å². The largest absolute Gasteiger partial charge is 0.453 e. The third-order valence-electron chi connectivity index (χ3n) is 2.72. The first kappa shape index (κ1) is 22.1. The van der Waals surface area contributed by atoms with Crippen molar-refractivity contribution in [1.29, 1.82) is 0 Å². The highest BCUT2D eigenvalue weighted by atomic mass is 19.4. The molecule has 0 amide bonds. The fraction of sp³-hybridized carbons (Fsp3) is 1.00. The summed E-state index contributed by atoms with van der Waals surface area (Å²) in [6, 6.07) is 0. The van der Waals surface area contributed by atoms with Crippen molar-refractivity contribution in [3.8, 4) is 0 Å². The molecule has 0 rings (SSSR count). The fourth-order valence-corrected chi connectivity index (χ4v) is 0.832. The van der Waals surface area contributed by atoms with Crippen LogP contribution in [0.3, 0.4) is 0 Å². The Labute approximate surface area is 122 Å². The van der Waals surface area contributed by atoms with Crippen molar-refractivity contribution in [2.24, 2.45) is 5.41 Å². The van der Waals surface area contributed by atoms with E-state index in [0.29, 0.717) is 6.92 Å². The first-order chi connectivity index (χ1) is 9.72. The maximum absolute atomic E-state index is 13.2. The molecule has 0 N–H and O–H groups in total. The second-order valence-electron chi connectivity index (χ2n) is 4.87. The van der Waals surface area contributed by atoms with Crippen molar-refractivity contribution < 1.29 is 57.8 Å². The zero-order valence-corrected chi connectivity index (χ0v) is 11.7. The predicted molar refractivity (Wildman–Crippen MR) is 52.1 cm³/mol. The summed E-state index contributed by atoms with van der Waals surface area (Å²) in [5, 5.41) is 0. The normalized spacial score (nSPS) is 15.9. The number of hydrogen-bond acceptors (Lipinski definition) is 2. The molecule has 2 nitrogen and oxygen atoms in total. The zero-order valence-electron chi connectivity index (χ0n) is 11.7. The van der Waals surface area contributed by atoms with Crippen LogP contribution in [0, 0.1) is 5.41 Å². The number of ether oxygens (including phenoxy) is 2. The maximum Gasteiger partial charge on any atom is 0.453 e. The van der Waals surface area contributed by atoms with Crippen molar-refractivity contribution in [2.75, 3.05) is 0 Å². The summed E-state index contributed by atoms with van der Waals surface area (Å²) in [7, 11) is 0. The van der Waals surface area contributed by atoms with Gasteiger partial charge in [0.2, 0.25) is 0 Å². The van der Waals surface area contributed by atoms with E-state index in [9.17, 15) is 48.3 Å². The average Bonchev–Trinajstić information content (AvgIpc) is 2.24. The molecule has 0 atom stereocenters. The molecule has 0 fully saturated rings. The van der Waals surface area contributed by atoms with Gasteiger partial charge in [-0.15, -0.1) is 0 Å². The Hall–Kier alpha value is -0.850. The van der Waals surface area contributed by atoms with Crippen LogP contribution < -0.4 is 0 Å². The molecule has 0 bridgehead atoms. The number of alkyl halides is 11. The lowest BCUT2D eigenvalue weighted by atomic mass is 9.91. The van der Waals surface area contributed by atoms with Gasteiger partial charge in [-0.2, -0.15) is 48.3 Å². The lowest BCUT2D eigenvalue weighted by Crippen LogP contribution is -2.57. The molecule has 140 valence electrons. The van der Waals surface area contributed by atoms with Gasteiger partial charge in [0.25, 0.3) is 0 Å². The summed E-state index contributed by atoms with van der Waals surface area (Å²) in [4.78, 5) is 0. The van der Waals surface area contributed by atoms with Crippen LogP contribution in [0.15, 0.2) is 0 Å².